The molecule has 5 aromatic rings. The van der Waals surface area contributed by atoms with Gasteiger partial charge in [-0.05, 0) is 61.7 Å². The lowest BCUT2D eigenvalue weighted by molar-refractivity contribution is 0.132. The molecular weight excluding hydrogens is 630 g/mol. The van der Waals surface area contributed by atoms with E-state index in [1.165, 1.54) is 11.0 Å². The first-order valence-corrected chi connectivity index (χ1v) is 16.5. The molecule has 11 nitrogen and oxygen atoms in total. The van der Waals surface area contributed by atoms with Gasteiger partial charge in [0.05, 0.1) is 28.9 Å². The van der Waals surface area contributed by atoms with Gasteiger partial charge < -0.3 is 20.1 Å². The number of carbonyl (C=O) groups is 1. The van der Waals surface area contributed by atoms with Crippen LogP contribution in [-0.4, -0.2) is 64.9 Å². The summed E-state index contributed by atoms with van der Waals surface area (Å²) in [5, 5.41) is 13.6. The molecule has 1 aliphatic heterocycles. The first-order chi connectivity index (χ1) is 22.5. The molecule has 6 rings (SSSR count). The number of sulfonamides is 1. The summed E-state index contributed by atoms with van der Waals surface area (Å²) >= 11 is 0. The lowest BCUT2D eigenvalue weighted by Crippen LogP contribution is -2.44. The molecule has 2 N–H and O–H groups in total. The summed E-state index contributed by atoms with van der Waals surface area (Å²) in [6.07, 6.45) is 4.62. The van der Waals surface area contributed by atoms with E-state index >= 15 is 0 Å². The first-order valence-electron chi connectivity index (χ1n) is 14.7. The number of fused-ring (bicyclic) bond motifs is 1. The van der Waals surface area contributed by atoms with Crippen molar-refractivity contribution >= 4 is 44.2 Å². The van der Waals surface area contributed by atoms with E-state index < -0.39 is 27.8 Å². The molecule has 0 spiro atoms. The van der Waals surface area contributed by atoms with Crippen LogP contribution in [0, 0.1) is 18.6 Å². The molecule has 3 heterocycles. The topological polar surface area (TPSA) is 138 Å². The predicted molar refractivity (Wildman–Crippen MR) is 174 cm³/mol. The normalized spacial score (nSPS) is 15.0. The number of hydrogen-bond donors (Lipinski definition) is 2. The summed E-state index contributed by atoms with van der Waals surface area (Å²) in [6, 6.07) is 16.2. The Morgan fingerprint density at radius 1 is 1.02 bits per heavy atom. The van der Waals surface area contributed by atoms with Gasteiger partial charge in [0.2, 0.25) is 21.9 Å². The van der Waals surface area contributed by atoms with Gasteiger partial charge in [0.1, 0.15) is 11.6 Å². The molecule has 0 radical (unpaired) electrons. The minimum absolute atomic E-state index is 0.150. The van der Waals surface area contributed by atoms with Crippen molar-refractivity contribution in [1.82, 2.24) is 19.9 Å². The molecule has 1 saturated heterocycles. The standard InChI is InChI=1S/C33H30F2N6O5S/c1-20-10-12-23-24(7-3-9-28(23)41(47(2,44)45)29-13-11-21(34)18-26(29)35)30(20)46-31-25(8-4-15-36-31)27-14-16-37-32(39-27)38-22-6-5-17-40(19-22)33(42)43/h3-4,7-16,18,22H,5-6,17,19H2,1-2H3,(H,42,43)(H,37,38,39). The highest BCUT2D eigenvalue weighted by Crippen LogP contribution is 2.42. The number of hydrogen-bond acceptors (Lipinski definition) is 8. The number of benzene rings is 3. The van der Waals surface area contributed by atoms with Gasteiger partial charge in [-0.2, -0.15) is 0 Å². The number of likely N-dealkylation sites (tertiary alicyclic amines) is 1. The lowest BCUT2D eigenvalue weighted by atomic mass is 10.0. The number of ether oxygens (including phenoxy) is 1. The zero-order valence-corrected chi connectivity index (χ0v) is 26.2. The van der Waals surface area contributed by atoms with Crippen LogP contribution in [0.3, 0.4) is 0 Å². The molecule has 47 heavy (non-hydrogen) atoms. The predicted octanol–water partition coefficient (Wildman–Crippen LogP) is 6.72. The Labute approximate surface area is 269 Å². The van der Waals surface area contributed by atoms with Crippen molar-refractivity contribution in [3.63, 3.8) is 0 Å². The molecule has 2 aromatic heterocycles. The SMILES string of the molecule is Cc1ccc2c(N(c3ccc(F)cc3F)S(C)(=O)=O)cccc2c1Oc1ncccc1-c1ccnc(NC2CCCN(C(=O)O)C2)n1. The summed E-state index contributed by atoms with van der Waals surface area (Å²) in [5.74, 6) is -0.927. The molecule has 242 valence electrons. The molecule has 1 atom stereocenters. The van der Waals surface area contributed by atoms with Gasteiger partial charge in [-0.3, -0.25) is 0 Å². The maximum absolute atomic E-state index is 14.9. The Balaban J connectivity index is 1.37. The second-order valence-corrected chi connectivity index (χ2v) is 13.0. The van der Waals surface area contributed by atoms with Crippen LogP contribution >= 0.6 is 0 Å². The van der Waals surface area contributed by atoms with E-state index in [1.807, 2.05) is 6.92 Å². The quantitative estimate of drug-likeness (QED) is 0.186. The van der Waals surface area contributed by atoms with Gasteiger partial charge in [0, 0.05) is 48.4 Å². The van der Waals surface area contributed by atoms with Crippen molar-refractivity contribution in [3.05, 3.63) is 96.3 Å². The van der Waals surface area contributed by atoms with Gasteiger partial charge in [0.25, 0.3) is 0 Å². The van der Waals surface area contributed by atoms with Crippen LogP contribution in [0.15, 0.2) is 79.1 Å². The zero-order valence-electron chi connectivity index (χ0n) is 25.4. The highest BCUT2D eigenvalue weighted by molar-refractivity contribution is 7.92. The number of halogens is 2. The number of aryl methyl sites for hydroxylation is 1. The van der Waals surface area contributed by atoms with Crippen molar-refractivity contribution in [1.29, 1.82) is 0 Å². The number of amides is 1. The van der Waals surface area contributed by atoms with E-state index in [9.17, 15) is 27.1 Å². The van der Waals surface area contributed by atoms with Crippen LogP contribution in [0.2, 0.25) is 0 Å². The highest BCUT2D eigenvalue weighted by atomic mass is 32.2. The van der Waals surface area contributed by atoms with Crippen molar-refractivity contribution in [2.45, 2.75) is 25.8 Å². The molecule has 1 amide bonds. The van der Waals surface area contributed by atoms with E-state index in [0.717, 1.165) is 41.1 Å². The van der Waals surface area contributed by atoms with Gasteiger partial charge >= 0.3 is 6.09 Å². The second kappa shape index (κ2) is 12.8. The van der Waals surface area contributed by atoms with Crippen molar-refractivity contribution in [2.75, 3.05) is 29.0 Å². The van der Waals surface area contributed by atoms with E-state index in [0.29, 0.717) is 52.9 Å². The van der Waals surface area contributed by atoms with E-state index in [1.54, 1.807) is 54.9 Å². The molecule has 0 aliphatic carbocycles. The second-order valence-electron chi connectivity index (χ2n) is 11.1. The minimum Gasteiger partial charge on any atom is -0.465 e. The third-order valence-electron chi connectivity index (χ3n) is 7.79. The number of nitrogens with one attached hydrogen (secondary N) is 1. The fourth-order valence-corrected chi connectivity index (χ4v) is 6.68. The molecule has 3 aromatic carbocycles. The van der Waals surface area contributed by atoms with Crippen molar-refractivity contribution < 1.29 is 31.8 Å². The maximum Gasteiger partial charge on any atom is 0.407 e. The average Bonchev–Trinajstić information content (AvgIpc) is 3.03. The van der Waals surface area contributed by atoms with Crippen LogP contribution in [0.25, 0.3) is 22.0 Å². The Kier molecular flexibility index (Phi) is 8.60. The number of nitrogens with zero attached hydrogens (tertiary/aromatic N) is 5. The molecule has 0 bridgehead atoms. The van der Waals surface area contributed by atoms with E-state index in [4.69, 9.17) is 4.74 Å². The summed E-state index contributed by atoms with van der Waals surface area (Å²) < 4.78 is 62.0. The molecule has 1 fully saturated rings. The Morgan fingerprint density at radius 2 is 1.85 bits per heavy atom. The molecule has 0 saturated carbocycles. The lowest BCUT2D eigenvalue weighted by Gasteiger charge is -2.31. The molecule has 1 aliphatic rings. The van der Waals surface area contributed by atoms with Gasteiger partial charge in [-0.15, -0.1) is 0 Å². The van der Waals surface area contributed by atoms with E-state index in [2.05, 4.69) is 20.3 Å². The van der Waals surface area contributed by atoms with Gasteiger partial charge in [0.15, 0.2) is 5.82 Å². The van der Waals surface area contributed by atoms with Crippen LogP contribution in [0.1, 0.15) is 18.4 Å². The Hall–Kier alpha value is -5.37. The summed E-state index contributed by atoms with van der Waals surface area (Å²) in [4.78, 5) is 26.3. The van der Waals surface area contributed by atoms with Crippen LogP contribution in [0.4, 0.5) is 30.9 Å². The Morgan fingerprint density at radius 3 is 2.62 bits per heavy atom. The summed E-state index contributed by atoms with van der Waals surface area (Å²) in [7, 11) is -4.08. The number of aromatic nitrogens is 3. The van der Waals surface area contributed by atoms with Gasteiger partial charge in [-0.1, -0.05) is 24.3 Å². The third-order valence-corrected chi connectivity index (χ3v) is 8.85. The molecule has 1 unspecified atom stereocenters. The molecular formula is C33H30F2N6O5S. The summed E-state index contributed by atoms with van der Waals surface area (Å²) in [5.41, 5.74) is 1.60. The van der Waals surface area contributed by atoms with Crippen LogP contribution in [0.5, 0.6) is 11.6 Å². The van der Waals surface area contributed by atoms with Crippen molar-refractivity contribution in [3.8, 4) is 22.9 Å². The zero-order chi connectivity index (χ0) is 33.3. The van der Waals surface area contributed by atoms with Crippen LogP contribution < -0.4 is 14.4 Å². The minimum atomic E-state index is -4.08. The monoisotopic (exact) mass is 660 g/mol. The maximum atomic E-state index is 14.9. The fourth-order valence-electron chi connectivity index (χ4n) is 5.66. The number of pyridine rings is 1. The van der Waals surface area contributed by atoms with Crippen molar-refractivity contribution in [2.24, 2.45) is 0 Å². The number of rotatable bonds is 8. The third kappa shape index (κ3) is 6.63. The largest absolute Gasteiger partial charge is 0.465 e. The van der Waals surface area contributed by atoms with Crippen LogP contribution in [-0.2, 0) is 10.0 Å². The number of piperidine rings is 1. The first kappa shape index (κ1) is 31.6. The highest BCUT2D eigenvalue weighted by Gasteiger charge is 2.27. The van der Waals surface area contributed by atoms with E-state index in [-0.39, 0.29) is 23.3 Å². The molecule has 14 heteroatoms. The number of anilines is 3. The fraction of sp³-hybridized carbons (Fsp3) is 0.212. The Bertz CT molecular complexity index is 2100. The number of carboxylic acid groups (broad SMARTS) is 1. The average molecular weight is 661 g/mol. The smallest absolute Gasteiger partial charge is 0.407 e. The summed E-state index contributed by atoms with van der Waals surface area (Å²) in [6.45, 7) is 2.63. The van der Waals surface area contributed by atoms with Gasteiger partial charge in [-0.25, -0.2) is 41.3 Å².